The topological polar surface area (TPSA) is 74.8 Å². The minimum absolute atomic E-state index is 0.0492. The van der Waals surface area contributed by atoms with Crippen molar-refractivity contribution in [1.82, 2.24) is 9.97 Å². The van der Waals surface area contributed by atoms with Crippen LogP contribution in [0.4, 0.5) is 18.9 Å². The summed E-state index contributed by atoms with van der Waals surface area (Å²) < 4.78 is 66.7. The Labute approximate surface area is 135 Å². The molecule has 24 heavy (non-hydrogen) atoms. The Bertz CT molecular complexity index is 1000. The van der Waals surface area contributed by atoms with Gasteiger partial charge in [-0.05, 0) is 30.3 Å². The van der Waals surface area contributed by atoms with E-state index in [0.717, 1.165) is 24.4 Å². The van der Waals surface area contributed by atoms with E-state index in [4.69, 9.17) is 0 Å². The van der Waals surface area contributed by atoms with Crippen molar-refractivity contribution in [2.24, 2.45) is 0 Å². The molecule has 1 aromatic carbocycles. The average molecular weight is 353 g/mol. The molecule has 0 aliphatic heterocycles. The third kappa shape index (κ3) is 3.11. The highest BCUT2D eigenvalue weighted by molar-refractivity contribution is 7.92. The number of H-pyrrole nitrogens is 1. The van der Waals surface area contributed by atoms with Crippen molar-refractivity contribution < 1.29 is 21.6 Å². The Morgan fingerprint density at radius 2 is 1.83 bits per heavy atom. The number of nitrogens with zero attached hydrogens (tertiary/aromatic N) is 1. The van der Waals surface area contributed by atoms with Gasteiger partial charge in [-0.3, -0.25) is 9.71 Å². The lowest BCUT2D eigenvalue weighted by Gasteiger charge is -2.07. The van der Waals surface area contributed by atoms with Gasteiger partial charge in [0.15, 0.2) is 5.82 Å². The molecule has 3 aromatic rings. The second-order valence-corrected chi connectivity index (χ2v) is 6.49. The van der Waals surface area contributed by atoms with Gasteiger partial charge in [0.05, 0.1) is 11.4 Å². The van der Waals surface area contributed by atoms with E-state index in [-0.39, 0.29) is 16.3 Å². The first kappa shape index (κ1) is 16.1. The molecule has 0 amide bonds. The molecule has 9 heteroatoms. The fraction of sp³-hybridized carbons (Fsp3) is 0. The van der Waals surface area contributed by atoms with Crippen LogP contribution in [0.25, 0.3) is 11.4 Å². The van der Waals surface area contributed by atoms with Crippen LogP contribution in [0.2, 0.25) is 0 Å². The van der Waals surface area contributed by atoms with Crippen molar-refractivity contribution in [2.45, 2.75) is 4.90 Å². The maximum Gasteiger partial charge on any atom is 0.263 e. The number of benzene rings is 1. The molecule has 2 N–H and O–H groups in total. The molecule has 0 unspecified atom stereocenters. The molecule has 2 heterocycles. The van der Waals surface area contributed by atoms with E-state index in [1.165, 1.54) is 18.3 Å². The predicted octanol–water partition coefficient (Wildman–Crippen LogP) is 3.29. The zero-order valence-electron chi connectivity index (χ0n) is 11.9. The lowest BCUT2D eigenvalue weighted by molar-refractivity contribution is 0.583. The zero-order chi connectivity index (χ0) is 17.3. The molecule has 0 radical (unpaired) electrons. The van der Waals surface area contributed by atoms with Crippen LogP contribution in [-0.2, 0) is 10.0 Å². The number of pyridine rings is 1. The van der Waals surface area contributed by atoms with Crippen LogP contribution in [0.1, 0.15) is 0 Å². The van der Waals surface area contributed by atoms with Crippen molar-refractivity contribution >= 4 is 15.7 Å². The van der Waals surface area contributed by atoms with Gasteiger partial charge >= 0.3 is 0 Å². The summed E-state index contributed by atoms with van der Waals surface area (Å²) in [7, 11) is -4.14. The summed E-state index contributed by atoms with van der Waals surface area (Å²) in [5.74, 6) is -2.50. The van der Waals surface area contributed by atoms with E-state index in [1.807, 2.05) is 4.72 Å². The van der Waals surface area contributed by atoms with Gasteiger partial charge in [-0.2, -0.15) is 0 Å². The SMILES string of the molecule is O=S(=O)(Nc1ccc(F)cc1F)c1c[nH]c(-c2ncccc2F)c1. The molecule has 2 aromatic heterocycles. The zero-order valence-corrected chi connectivity index (χ0v) is 12.7. The summed E-state index contributed by atoms with van der Waals surface area (Å²) in [6.07, 6.45) is 2.48. The first-order valence-electron chi connectivity index (χ1n) is 6.64. The summed E-state index contributed by atoms with van der Waals surface area (Å²) in [5, 5.41) is 0. The molecule has 0 aliphatic rings. The van der Waals surface area contributed by atoms with Gasteiger partial charge in [0.1, 0.15) is 22.2 Å². The van der Waals surface area contributed by atoms with Gasteiger partial charge in [-0.15, -0.1) is 0 Å². The van der Waals surface area contributed by atoms with E-state index >= 15 is 0 Å². The fourth-order valence-electron chi connectivity index (χ4n) is 2.03. The molecule has 0 fully saturated rings. The Hall–Kier alpha value is -2.81. The summed E-state index contributed by atoms with van der Waals surface area (Å²) in [5.41, 5.74) is -0.303. The molecule has 0 bridgehead atoms. The van der Waals surface area contributed by atoms with Crippen molar-refractivity contribution in [1.29, 1.82) is 0 Å². The van der Waals surface area contributed by atoms with E-state index in [2.05, 4.69) is 9.97 Å². The smallest absolute Gasteiger partial charge is 0.263 e. The van der Waals surface area contributed by atoms with Gasteiger partial charge in [0.25, 0.3) is 10.0 Å². The first-order chi connectivity index (χ1) is 11.4. The van der Waals surface area contributed by atoms with E-state index in [9.17, 15) is 21.6 Å². The first-order valence-corrected chi connectivity index (χ1v) is 8.12. The number of hydrogen-bond donors (Lipinski definition) is 2. The Morgan fingerprint density at radius 1 is 1.04 bits per heavy atom. The quantitative estimate of drug-likeness (QED) is 0.756. The van der Waals surface area contributed by atoms with Crippen LogP contribution < -0.4 is 4.72 Å². The molecule has 3 rings (SSSR count). The minimum atomic E-state index is -4.14. The van der Waals surface area contributed by atoms with Crippen LogP contribution >= 0.6 is 0 Å². The number of anilines is 1. The minimum Gasteiger partial charge on any atom is -0.358 e. The molecule has 5 nitrogen and oxygen atoms in total. The summed E-state index contributed by atoms with van der Waals surface area (Å²) in [6, 6.07) is 6.20. The highest BCUT2D eigenvalue weighted by Gasteiger charge is 2.20. The van der Waals surface area contributed by atoms with Crippen LogP contribution in [0.5, 0.6) is 0 Å². The normalized spacial score (nSPS) is 11.5. The van der Waals surface area contributed by atoms with Crippen molar-refractivity contribution in [3.63, 3.8) is 0 Å². The van der Waals surface area contributed by atoms with Gasteiger partial charge in [-0.1, -0.05) is 0 Å². The molecule has 0 saturated heterocycles. The fourth-order valence-corrected chi connectivity index (χ4v) is 3.09. The van der Waals surface area contributed by atoms with Crippen LogP contribution in [-0.4, -0.2) is 18.4 Å². The number of aromatic nitrogens is 2. The van der Waals surface area contributed by atoms with Crippen LogP contribution in [0.15, 0.2) is 53.7 Å². The highest BCUT2D eigenvalue weighted by Crippen LogP contribution is 2.24. The molecule has 0 saturated carbocycles. The van der Waals surface area contributed by atoms with Crippen molar-refractivity contribution in [3.8, 4) is 11.4 Å². The third-order valence-corrected chi connectivity index (χ3v) is 4.50. The Balaban J connectivity index is 1.92. The second kappa shape index (κ2) is 6.00. The second-order valence-electron chi connectivity index (χ2n) is 4.81. The van der Waals surface area contributed by atoms with Crippen molar-refractivity contribution in [3.05, 3.63) is 66.2 Å². The van der Waals surface area contributed by atoms with Gasteiger partial charge < -0.3 is 4.98 Å². The Morgan fingerprint density at radius 3 is 2.54 bits per heavy atom. The predicted molar refractivity (Wildman–Crippen MR) is 81.1 cm³/mol. The molecular weight excluding hydrogens is 343 g/mol. The number of aromatic amines is 1. The lowest BCUT2D eigenvalue weighted by Crippen LogP contribution is -2.13. The van der Waals surface area contributed by atoms with E-state index in [1.54, 1.807) is 0 Å². The maximum absolute atomic E-state index is 13.7. The average Bonchev–Trinajstić information content (AvgIpc) is 3.01. The van der Waals surface area contributed by atoms with E-state index < -0.39 is 33.2 Å². The number of sulfonamides is 1. The largest absolute Gasteiger partial charge is 0.358 e. The monoisotopic (exact) mass is 353 g/mol. The summed E-state index contributed by atoms with van der Waals surface area (Å²) in [4.78, 5) is 6.19. The van der Waals surface area contributed by atoms with Crippen LogP contribution in [0.3, 0.4) is 0 Å². The van der Waals surface area contributed by atoms with Gasteiger partial charge in [0.2, 0.25) is 0 Å². The van der Waals surface area contributed by atoms with Gasteiger partial charge in [-0.25, -0.2) is 21.6 Å². The number of rotatable bonds is 4. The molecule has 0 atom stereocenters. The molecule has 124 valence electrons. The number of hydrogen-bond acceptors (Lipinski definition) is 3. The number of nitrogens with one attached hydrogen (secondary N) is 2. The summed E-state index contributed by atoms with van der Waals surface area (Å²) in [6.45, 7) is 0. The van der Waals surface area contributed by atoms with Crippen LogP contribution in [0, 0.1) is 17.5 Å². The Kier molecular flexibility index (Phi) is 4.02. The number of halogens is 3. The molecule has 0 aliphatic carbocycles. The maximum atomic E-state index is 13.7. The van der Waals surface area contributed by atoms with Gasteiger partial charge in [0, 0.05) is 18.5 Å². The molecular formula is C15H10F3N3O2S. The standard InChI is InChI=1S/C15H10F3N3O2S/c16-9-3-4-13(12(18)6-9)21-24(22,23)10-7-14(20-8-10)15-11(17)2-1-5-19-15/h1-8,20-21H. The van der Waals surface area contributed by atoms with E-state index in [0.29, 0.717) is 6.07 Å². The molecule has 0 spiro atoms. The summed E-state index contributed by atoms with van der Waals surface area (Å²) >= 11 is 0. The highest BCUT2D eigenvalue weighted by atomic mass is 32.2. The lowest BCUT2D eigenvalue weighted by atomic mass is 10.2. The van der Waals surface area contributed by atoms with Crippen molar-refractivity contribution in [2.75, 3.05) is 4.72 Å². The third-order valence-electron chi connectivity index (χ3n) is 3.16.